The molecule has 1 unspecified atom stereocenters. The number of quaternary nitrogens is 1. The minimum atomic E-state index is 0. The van der Waals surface area contributed by atoms with Crippen LogP contribution in [-0.2, 0) is 4.79 Å². The van der Waals surface area contributed by atoms with Gasteiger partial charge in [-0.05, 0) is 0 Å². The molecule has 68 valence electrons. The summed E-state index contributed by atoms with van der Waals surface area (Å²) < 4.78 is 0.773. The minimum absolute atomic E-state index is 0. The summed E-state index contributed by atoms with van der Waals surface area (Å²) >= 11 is 0. The molecule has 0 rings (SSSR count). The molecule has 0 saturated heterocycles. The summed E-state index contributed by atoms with van der Waals surface area (Å²) in [5.41, 5.74) is 0. The highest BCUT2D eigenvalue weighted by molar-refractivity contribution is 5.46. The van der Waals surface area contributed by atoms with E-state index in [-0.39, 0.29) is 18.6 Å². The summed E-state index contributed by atoms with van der Waals surface area (Å²) in [5.74, 6) is 0. The molecule has 0 aromatic heterocycles. The van der Waals surface area contributed by atoms with Gasteiger partial charge in [-0.15, -0.1) is 0 Å². The van der Waals surface area contributed by atoms with Gasteiger partial charge in [0.25, 0.3) is 0 Å². The third kappa shape index (κ3) is 5.04. The van der Waals surface area contributed by atoms with Crippen LogP contribution in [0.4, 0.5) is 0 Å². The monoisotopic (exact) mass is 180 g/mol. The summed E-state index contributed by atoms with van der Waals surface area (Å²) in [7, 11) is 6.18. The van der Waals surface area contributed by atoms with Gasteiger partial charge in [-0.2, -0.15) is 0 Å². The molecule has 0 aromatic rings. The first kappa shape index (κ1) is 13.3. The van der Waals surface area contributed by atoms with Crippen molar-refractivity contribution in [2.75, 3.05) is 21.1 Å². The first-order valence-electron chi connectivity index (χ1n) is 3.53. The van der Waals surface area contributed by atoms with Gasteiger partial charge in [0.2, 0.25) is 6.41 Å². The zero-order valence-electron chi connectivity index (χ0n) is 7.60. The number of carbonyl (C=O) groups is 1. The van der Waals surface area contributed by atoms with Crippen molar-refractivity contribution in [3.05, 3.63) is 0 Å². The van der Waals surface area contributed by atoms with Crippen LogP contribution in [0.25, 0.3) is 0 Å². The number of amides is 1. The highest BCUT2D eigenvalue weighted by atomic mass is 35.5. The number of nitrogens with one attached hydrogen (secondary N) is 1. The molecule has 0 saturated carbocycles. The van der Waals surface area contributed by atoms with Crippen molar-refractivity contribution in [3.63, 3.8) is 0 Å². The highest BCUT2D eigenvalue weighted by Crippen LogP contribution is 2.01. The van der Waals surface area contributed by atoms with Crippen LogP contribution in [-0.4, -0.2) is 38.2 Å². The number of halogens is 1. The maximum absolute atomic E-state index is 10.1. The van der Waals surface area contributed by atoms with Crippen molar-refractivity contribution in [2.45, 2.75) is 19.5 Å². The molecule has 0 heterocycles. The van der Waals surface area contributed by atoms with E-state index in [1.54, 1.807) is 0 Å². The summed E-state index contributed by atoms with van der Waals surface area (Å²) in [6, 6.07) is 0. The van der Waals surface area contributed by atoms with Gasteiger partial charge in [0.1, 0.15) is 0 Å². The Kier molecular flexibility index (Phi) is 6.52. The number of rotatable bonds is 4. The van der Waals surface area contributed by atoms with Crippen molar-refractivity contribution in [1.82, 2.24) is 5.32 Å². The third-order valence-electron chi connectivity index (χ3n) is 1.58. The van der Waals surface area contributed by atoms with Crippen LogP contribution in [0.1, 0.15) is 13.3 Å². The topological polar surface area (TPSA) is 29.1 Å². The molecule has 0 radical (unpaired) electrons. The molecule has 0 fully saturated rings. The van der Waals surface area contributed by atoms with E-state index in [1.165, 1.54) is 0 Å². The lowest BCUT2D eigenvalue weighted by Gasteiger charge is -2.32. The predicted octanol–water partition coefficient (Wildman–Crippen LogP) is -2.82. The van der Waals surface area contributed by atoms with E-state index >= 15 is 0 Å². The first-order valence-corrected chi connectivity index (χ1v) is 3.53. The van der Waals surface area contributed by atoms with Crippen LogP contribution in [0.3, 0.4) is 0 Å². The predicted molar refractivity (Wildman–Crippen MR) is 41.3 cm³/mol. The fourth-order valence-electron chi connectivity index (χ4n) is 0.968. The zero-order chi connectivity index (χ0) is 8.20. The number of carbonyl (C=O) groups excluding carboxylic acids is 1. The summed E-state index contributed by atoms with van der Waals surface area (Å²) in [4.78, 5) is 10.1. The number of nitrogens with zero attached hydrogens (tertiary/aromatic N) is 1. The van der Waals surface area contributed by atoms with Crippen molar-refractivity contribution in [3.8, 4) is 0 Å². The first-order chi connectivity index (χ1) is 4.52. The molecule has 1 atom stereocenters. The van der Waals surface area contributed by atoms with Crippen LogP contribution in [0, 0.1) is 0 Å². The van der Waals surface area contributed by atoms with Gasteiger partial charge in [0.05, 0.1) is 21.1 Å². The van der Waals surface area contributed by atoms with Crippen LogP contribution in [0.5, 0.6) is 0 Å². The van der Waals surface area contributed by atoms with E-state index in [4.69, 9.17) is 0 Å². The Labute approximate surface area is 74.8 Å². The van der Waals surface area contributed by atoms with E-state index in [0.717, 1.165) is 17.3 Å². The van der Waals surface area contributed by atoms with Crippen molar-refractivity contribution >= 4 is 6.41 Å². The second-order valence-electron chi connectivity index (χ2n) is 3.32. The average Bonchev–Trinajstić information content (AvgIpc) is 1.80. The van der Waals surface area contributed by atoms with Crippen molar-refractivity contribution in [2.24, 2.45) is 0 Å². The van der Waals surface area contributed by atoms with Gasteiger partial charge in [-0.1, -0.05) is 6.92 Å². The maximum Gasteiger partial charge on any atom is 0.211 e. The van der Waals surface area contributed by atoms with E-state index < -0.39 is 0 Å². The van der Waals surface area contributed by atoms with Crippen LogP contribution < -0.4 is 17.7 Å². The maximum atomic E-state index is 10.1. The smallest absolute Gasteiger partial charge is 0.211 e. The largest absolute Gasteiger partial charge is 1.00 e. The lowest BCUT2D eigenvalue weighted by molar-refractivity contribution is -0.898. The summed E-state index contributed by atoms with van der Waals surface area (Å²) in [6.07, 6.45) is 1.96. The summed E-state index contributed by atoms with van der Waals surface area (Å²) in [5, 5.41) is 2.76. The average molecular weight is 181 g/mol. The Bertz CT molecular complexity index is 111. The molecule has 4 heteroatoms. The zero-order valence-corrected chi connectivity index (χ0v) is 8.35. The fraction of sp³-hybridized carbons (Fsp3) is 0.857. The Morgan fingerprint density at radius 1 is 1.45 bits per heavy atom. The molecule has 0 aliphatic rings. The lowest BCUT2D eigenvalue weighted by atomic mass is 10.3. The number of hydrogen-bond acceptors (Lipinski definition) is 1. The van der Waals surface area contributed by atoms with Gasteiger partial charge >= 0.3 is 0 Å². The molecular formula is C7H17ClN2O. The van der Waals surface area contributed by atoms with E-state index in [0.29, 0.717) is 0 Å². The molecule has 0 spiro atoms. The van der Waals surface area contributed by atoms with Crippen LogP contribution >= 0.6 is 0 Å². The molecule has 0 aromatic carbocycles. The second kappa shape index (κ2) is 5.38. The Hall–Kier alpha value is -0.280. The lowest BCUT2D eigenvalue weighted by Crippen LogP contribution is -3.00. The van der Waals surface area contributed by atoms with Crippen LogP contribution in [0.2, 0.25) is 0 Å². The Morgan fingerprint density at radius 2 is 1.91 bits per heavy atom. The van der Waals surface area contributed by atoms with Gasteiger partial charge in [0, 0.05) is 6.42 Å². The highest BCUT2D eigenvalue weighted by Gasteiger charge is 2.19. The molecule has 0 aliphatic carbocycles. The van der Waals surface area contributed by atoms with Crippen LogP contribution in [0.15, 0.2) is 0 Å². The van der Waals surface area contributed by atoms with E-state index in [9.17, 15) is 4.79 Å². The molecule has 11 heavy (non-hydrogen) atoms. The summed E-state index contributed by atoms with van der Waals surface area (Å²) in [6.45, 7) is 2.06. The second-order valence-corrected chi connectivity index (χ2v) is 3.32. The number of hydrogen-bond donors (Lipinski definition) is 1. The molecule has 1 amide bonds. The van der Waals surface area contributed by atoms with E-state index in [1.807, 2.05) is 0 Å². The molecule has 0 aliphatic heterocycles. The SMILES string of the molecule is CCC(NC=O)[N+](C)(C)C.[Cl-]. The van der Waals surface area contributed by atoms with E-state index in [2.05, 4.69) is 33.4 Å². The van der Waals surface area contributed by atoms with Gasteiger partial charge in [0.15, 0.2) is 6.17 Å². The molecular weight excluding hydrogens is 164 g/mol. The quantitative estimate of drug-likeness (QED) is 0.282. The molecule has 3 nitrogen and oxygen atoms in total. The van der Waals surface area contributed by atoms with Gasteiger partial charge in [-0.3, -0.25) is 4.79 Å². The third-order valence-corrected chi connectivity index (χ3v) is 1.58. The standard InChI is InChI=1S/C7H16N2O.ClH/c1-5-7(8-6-10)9(2,3)4;/h6-7H,5H2,1-4H3;1H. The minimum Gasteiger partial charge on any atom is -1.00 e. The van der Waals surface area contributed by atoms with Crippen molar-refractivity contribution in [1.29, 1.82) is 0 Å². The van der Waals surface area contributed by atoms with Crippen molar-refractivity contribution < 1.29 is 21.7 Å². The Morgan fingerprint density at radius 3 is 2.00 bits per heavy atom. The van der Waals surface area contributed by atoms with Gasteiger partial charge in [-0.25, -0.2) is 0 Å². The Balaban J connectivity index is 0. The molecule has 0 bridgehead atoms. The fourth-order valence-corrected chi connectivity index (χ4v) is 0.968. The van der Waals surface area contributed by atoms with Gasteiger partial charge < -0.3 is 22.2 Å². The molecule has 1 N–H and O–H groups in total. The normalized spacial score (nSPS) is 13.1.